The van der Waals surface area contributed by atoms with Crippen molar-refractivity contribution in [3.63, 3.8) is 0 Å². The fourth-order valence-corrected chi connectivity index (χ4v) is 4.81. The Hall–Kier alpha value is -3.12. The molecule has 0 unspecified atom stereocenters. The van der Waals surface area contributed by atoms with Crippen LogP contribution in [0.2, 0.25) is 0 Å². The average molecular weight is 380 g/mol. The number of hydrogen-bond donors (Lipinski definition) is 1. The van der Waals surface area contributed by atoms with Gasteiger partial charge in [-0.05, 0) is 11.6 Å². The quantitative estimate of drug-likeness (QED) is 0.783. The number of nitrogens with one attached hydrogen (secondary N) is 1. The minimum atomic E-state index is -4.07. The average Bonchev–Trinajstić information content (AvgIpc) is 2.68. The van der Waals surface area contributed by atoms with Crippen LogP contribution in [-0.2, 0) is 14.8 Å². The molecule has 1 aliphatic rings. The van der Waals surface area contributed by atoms with Crippen LogP contribution in [0, 0.1) is 0 Å². The van der Waals surface area contributed by atoms with Gasteiger partial charge in [-0.2, -0.15) is 0 Å². The largest absolute Gasteiger partial charge is 0.348 e. The topological polar surface area (TPSA) is 66.5 Å². The highest BCUT2D eigenvalue weighted by atomic mass is 32.2. The number of carbonyl (C=O) groups excluding carboxylic acids is 1. The van der Waals surface area contributed by atoms with E-state index >= 15 is 0 Å². The number of carbonyl (C=O) groups is 1. The van der Waals surface area contributed by atoms with Gasteiger partial charge in [-0.3, -0.25) is 9.10 Å². The minimum absolute atomic E-state index is 0.0691. The highest BCUT2D eigenvalue weighted by molar-refractivity contribution is 7.97. The number of rotatable bonds is 6. The summed E-state index contributed by atoms with van der Waals surface area (Å²) in [5.41, 5.74) is 2.27. The lowest BCUT2D eigenvalue weighted by Gasteiger charge is -2.32. The molecule has 2 aromatic carbocycles. The van der Waals surface area contributed by atoms with Gasteiger partial charge in [-0.25, -0.2) is 8.42 Å². The van der Waals surface area contributed by atoms with Crippen molar-refractivity contribution >= 4 is 27.2 Å². The van der Waals surface area contributed by atoms with E-state index < -0.39 is 15.9 Å². The van der Waals surface area contributed by atoms with Crippen molar-refractivity contribution in [3.8, 4) is 0 Å². The molecule has 0 radical (unpaired) electrons. The maximum Gasteiger partial charge on any atom is 0.270 e. The second-order valence-corrected chi connectivity index (χ2v) is 7.71. The first kappa shape index (κ1) is 18.7. The van der Waals surface area contributed by atoms with Crippen LogP contribution in [0.15, 0.2) is 84.8 Å². The molecule has 27 heavy (non-hydrogen) atoms. The first-order valence-corrected chi connectivity index (χ1v) is 9.88. The molecule has 0 bridgehead atoms. The summed E-state index contributed by atoms with van der Waals surface area (Å²) in [4.78, 5) is 12.6. The zero-order chi connectivity index (χ0) is 19.4. The number of fused-ring (bicyclic) bond motifs is 1. The lowest BCUT2D eigenvalue weighted by molar-refractivity contribution is -0.116. The van der Waals surface area contributed by atoms with E-state index in [1.54, 1.807) is 24.3 Å². The molecule has 0 fully saturated rings. The van der Waals surface area contributed by atoms with E-state index in [1.807, 2.05) is 30.3 Å². The SMILES string of the molecule is C=CCNC(=O)C1=C(c2ccccc2)c2ccccc2N(CC=C)S1(=O)=O. The molecule has 0 aromatic heterocycles. The van der Waals surface area contributed by atoms with E-state index in [4.69, 9.17) is 0 Å². The molecule has 2 aromatic rings. The lowest BCUT2D eigenvalue weighted by Crippen LogP contribution is -2.41. The van der Waals surface area contributed by atoms with Crippen LogP contribution in [0.1, 0.15) is 11.1 Å². The Kier molecular flexibility index (Phi) is 5.28. The van der Waals surface area contributed by atoms with Gasteiger partial charge in [0.25, 0.3) is 15.9 Å². The van der Waals surface area contributed by atoms with Crippen LogP contribution in [0.4, 0.5) is 5.69 Å². The normalized spacial score (nSPS) is 15.0. The summed E-state index contributed by atoms with van der Waals surface area (Å²) < 4.78 is 28.0. The Labute approximate surface area is 159 Å². The molecule has 3 rings (SSSR count). The fraction of sp³-hybridized carbons (Fsp3) is 0.0952. The van der Waals surface area contributed by atoms with Gasteiger partial charge >= 0.3 is 0 Å². The van der Waals surface area contributed by atoms with Crippen molar-refractivity contribution in [3.05, 3.63) is 95.9 Å². The molecule has 1 N–H and O–H groups in total. The third-order valence-corrected chi connectivity index (χ3v) is 6.02. The number of amides is 1. The standard InChI is InChI=1S/C21H20N2O3S/c1-3-14-22-21(24)20-19(16-10-6-5-7-11-16)17-12-8-9-13-18(17)23(15-4-2)27(20,25)26/h3-13H,1-2,14-15H2,(H,22,24). The molecule has 0 aliphatic carbocycles. The maximum absolute atomic E-state index is 13.4. The summed E-state index contributed by atoms with van der Waals surface area (Å²) in [6.07, 6.45) is 3.01. The third kappa shape index (κ3) is 3.31. The molecule has 5 nitrogen and oxygen atoms in total. The summed E-state index contributed by atoms with van der Waals surface area (Å²) in [6.45, 7) is 7.46. The Morgan fingerprint density at radius 3 is 2.33 bits per heavy atom. The Balaban J connectivity index is 2.37. The summed E-state index contributed by atoms with van der Waals surface area (Å²) >= 11 is 0. The van der Waals surface area contributed by atoms with E-state index in [0.29, 0.717) is 22.4 Å². The predicted molar refractivity (Wildman–Crippen MR) is 109 cm³/mol. The first-order valence-electron chi connectivity index (χ1n) is 8.44. The van der Waals surface area contributed by atoms with Crippen LogP contribution in [0.5, 0.6) is 0 Å². The van der Waals surface area contributed by atoms with Crippen molar-refractivity contribution in [2.75, 3.05) is 17.4 Å². The molecule has 0 saturated heterocycles. The van der Waals surface area contributed by atoms with Crippen molar-refractivity contribution < 1.29 is 13.2 Å². The maximum atomic E-state index is 13.4. The van der Waals surface area contributed by atoms with Gasteiger partial charge in [0.15, 0.2) is 4.91 Å². The van der Waals surface area contributed by atoms with Crippen LogP contribution in [-0.4, -0.2) is 27.4 Å². The molecule has 6 heteroatoms. The van der Waals surface area contributed by atoms with E-state index in [9.17, 15) is 13.2 Å². The van der Waals surface area contributed by atoms with Crippen molar-refractivity contribution in [1.29, 1.82) is 0 Å². The van der Waals surface area contributed by atoms with Gasteiger partial charge in [0, 0.05) is 17.7 Å². The molecule has 0 atom stereocenters. The highest BCUT2D eigenvalue weighted by Crippen LogP contribution is 2.42. The van der Waals surface area contributed by atoms with E-state index in [-0.39, 0.29) is 18.0 Å². The monoisotopic (exact) mass is 380 g/mol. The molecule has 1 amide bonds. The van der Waals surface area contributed by atoms with Crippen LogP contribution >= 0.6 is 0 Å². The van der Waals surface area contributed by atoms with Crippen LogP contribution in [0.3, 0.4) is 0 Å². The Bertz CT molecular complexity index is 1020. The molecule has 138 valence electrons. The number of anilines is 1. The van der Waals surface area contributed by atoms with Crippen LogP contribution in [0.25, 0.3) is 5.57 Å². The van der Waals surface area contributed by atoms with Gasteiger partial charge < -0.3 is 5.32 Å². The zero-order valence-electron chi connectivity index (χ0n) is 14.8. The van der Waals surface area contributed by atoms with Crippen LogP contribution < -0.4 is 9.62 Å². The molecule has 1 heterocycles. The molecule has 1 aliphatic heterocycles. The molecular weight excluding hydrogens is 360 g/mol. The number of hydrogen-bond acceptors (Lipinski definition) is 3. The smallest absolute Gasteiger partial charge is 0.270 e. The summed E-state index contributed by atoms with van der Waals surface area (Å²) in [7, 11) is -4.07. The molecule has 0 spiro atoms. The van der Waals surface area contributed by atoms with E-state index in [0.717, 1.165) is 0 Å². The molecular formula is C21H20N2O3S. The predicted octanol–water partition coefficient (Wildman–Crippen LogP) is 3.08. The Morgan fingerprint density at radius 1 is 1.00 bits per heavy atom. The van der Waals surface area contributed by atoms with Gasteiger partial charge in [-0.1, -0.05) is 60.7 Å². The number of nitrogens with zero attached hydrogens (tertiary/aromatic N) is 1. The second-order valence-electron chi connectivity index (χ2n) is 5.91. The van der Waals surface area contributed by atoms with Gasteiger partial charge in [0.1, 0.15) is 0 Å². The summed E-state index contributed by atoms with van der Waals surface area (Å²) in [5.74, 6) is -0.655. The minimum Gasteiger partial charge on any atom is -0.348 e. The fourth-order valence-electron chi connectivity index (χ4n) is 3.07. The van der Waals surface area contributed by atoms with E-state index in [2.05, 4.69) is 18.5 Å². The summed E-state index contributed by atoms with van der Waals surface area (Å²) in [5, 5.41) is 2.60. The Morgan fingerprint density at radius 2 is 1.67 bits per heavy atom. The number of benzene rings is 2. The highest BCUT2D eigenvalue weighted by Gasteiger charge is 2.40. The van der Waals surface area contributed by atoms with Gasteiger partial charge in [0.05, 0.1) is 12.2 Å². The van der Waals surface area contributed by atoms with Gasteiger partial charge in [0.2, 0.25) is 0 Å². The van der Waals surface area contributed by atoms with Crippen molar-refractivity contribution in [2.24, 2.45) is 0 Å². The number of sulfonamides is 1. The van der Waals surface area contributed by atoms with Gasteiger partial charge in [-0.15, -0.1) is 13.2 Å². The third-order valence-electron chi connectivity index (χ3n) is 4.19. The summed E-state index contributed by atoms with van der Waals surface area (Å²) in [6, 6.07) is 16.2. The number of para-hydroxylation sites is 1. The zero-order valence-corrected chi connectivity index (χ0v) is 15.6. The molecule has 0 saturated carbocycles. The van der Waals surface area contributed by atoms with Crippen molar-refractivity contribution in [2.45, 2.75) is 0 Å². The second kappa shape index (κ2) is 7.63. The lowest BCUT2D eigenvalue weighted by atomic mass is 9.95. The first-order chi connectivity index (χ1) is 13.0. The van der Waals surface area contributed by atoms with Crippen molar-refractivity contribution in [1.82, 2.24) is 5.32 Å². The van der Waals surface area contributed by atoms with E-state index in [1.165, 1.54) is 16.5 Å².